The van der Waals surface area contributed by atoms with E-state index in [4.69, 9.17) is 24.4 Å². The van der Waals surface area contributed by atoms with Crippen molar-refractivity contribution in [1.82, 2.24) is 34.5 Å². The minimum absolute atomic E-state index is 0.596. The molecule has 0 saturated heterocycles. The third-order valence-electron chi connectivity index (χ3n) is 12.6. The summed E-state index contributed by atoms with van der Waals surface area (Å²) in [5, 5.41) is 4.43. The first kappa shape index (κ1) is 39.0. The lowest BCUT2D eigenvalue weighted by Gasteiger charge is -2.12. The second-order valence-corrected chi connectivity index (χ2v) is 16.7. The van der Waals surface area contributed by atoms with Crippen molar-refractivity contribution in [2.75, 3.05) is 0 Å². The van der Waals surface area contributed by atoms with Gasteiger partial charge in [0.05, 0.1) is 16.6 Å². The van der Waals surface area contributed by atoms with Crippen molar-refractivity contribution in [3.8, 4) is 84.7 Å². The predicted octanol–water partition coefficient (Wildman–Crippen LogP) is 14.7. The van der Waals surface area contributed by atoms with E-state index in [-0.39, 0.29) is 0 Å². The lowest BCUT2D eigenvalue weighted by molar-refractivity contribution is 0.632. The largest absolute Gasteiger partial charge is 0.453 e. The number of fused-ring (bicyclic) bond motifs is 6. The molecule has 0 amide bonds. The van der Waals surface area contributed by atoms with Crippen LogP contribution in [0.3, 0.4) is 0 Å². The number of hydrogen-bond acceptors (Lipinski definition) is 7. The Labute approximate surface area is 390 Å². The zero-order chi connectivity index (χ0) is 45.0. The fourth-order valence-electron chi connectivity index (χ4n) is 9.46. The average molecular weight is 872 g/mol. The quantitative estimate of drug-likeness (QED) is 0.150. The molecule has 13 rings (SSSR count). The van der Waals surface area contributed by atoms with Crippen LogP contribution in [0.2, 0.25) is 0 Å². The van der Waals surface area contributed by atoms with Crippen LogP contribution in [0.4, 0.5) is 0 Å². The Hall–Kier alpha value is -9.40. The first-order valence-corrected chi connectivity index (χ1v) is 22.5. The second-order valence-electron chi connectivity index (χ2n) is 16.7. The van der Waals surface area contributed by atoms with E-state index in [0.717, 1.165) is 94.5 Å². The van der Waals surface area contributed by atoms with Gasteiger partial charge < -0.3 is 8.98 Å². The number of benzene rings is 7. The summed E-state index contributed by atoms with van der Waals surface area (Å²) in [4.78, 5) is 29.4. The van der Waals surface area contributed by atoms with Gasteiger partial charge in [-0.3, -0.25) is 9.97 Å². The molecule has 0 unspecified atom stereocenters. The van der Waals surface area contributed by atoms with E-state index < -0.39 is 0 Å². The molecule has 0 N–H and O–H groups in total. The molecule has 0 aliphatic heterocycles. The predicted molar refractivity (Wildman–Crippen MR) is 273 cm³/mol. The first-order chi connectivity index (χ1) is 33.7. The van der Waals surface area contributed by atoms with Crippen molar-refractivity contribution in [3.05, 3.63) is 225 Å². The van der Waals surface area contributed by atoms with E-state index in [9.17, 15) is 0 Å². The molecule has 68 heavy (non-hydrogen) atoms. The highest BCUT2D eigenvalue weighted by Crippen LogP contribution is 2.46. The normalized spacial score (nSPS) is 11.5. The summed E-state index contributed by atoms with van der Waals surface area (Å²) in [6.45, 7) is 0. The molecule has 0 aliphatic carbocycles. The molecule has 0 bridgehead atoms. The summed E-state index contributed by atoms with van der Waals surface area (Å²) >= 11 is 0. The van der Waals surface area contributed by atoms with E-state index in [1.807, 2.05) is 73.1 Å². The second kappa shape index (κ2) is 16.2. The van der Waals surface area contributed by atoms with Crippen molar-refractivity contribution in [2.45, 2.75) is 0 Å². The maximum absolute atomic E-state index is 6.88. The number of hydrogen-bond donors (Lipinski definition) is 0. The van der Waals surface area contributed by atoms with Gasteiger partial charge in [0.2, 0.25) is 0 Å². The van der Waals surface area contributed by atoms with Crippen LogP contribution in [-0.4, -0.2) is 34.5 Å². The van der Waals surface area contributed by atoms with Gasteiger partial charge in [-0.05, 0) is 59.7 Å². The van der Waals surface area contributed by atoms with Gasteiger partial charge in [0.25, 0.3) is 0 Å². The van der Waals surface area contributed by atoms with Gasteiger partial charge in [-0.25, -0.2) is 19.9 Å². The Morgan fingerprint density at radius 3 is 1.53 bits per heavy atom. The topological polar surface area (TPSA) is 95.4 Å². The zero-order valence-electron chi connectivity index (χ0n) is 36.4. The van der Waals surface area contributed by atoms with Gasteiger partial charge >= 0.3 is 0 Å². The van der Waals surface area contributed by atoms with Crippen LogP contribution in [0.1, 0.15) is 0 Å². The maximum Gasteiger partial charge on any atom is 0.164 e. The molecule has 0 fully saturated rings. The van der Waals surface area contributed by atoms with Gasteiger partial charge in [-0.15, -0.1) is 0 Å². The van der Waals surface area contributed by atoms with E-state index in [1.165, 1.54) is 10.8 Å². The number of rotatable bonds is 8. The lowest BCUT2D eigenvalue weighted by Crippen LogP contribution is -2.01. The molecular formula is C60H37N7O. The van der Waals surface area contributed by atoms with Crippen LogP contribution in [0.5, 0.6) is 0 Å². The Morgan fingerprint density at radius 1 is 0.368 bits per heavy atom. The number of furan rings is 1. The molecule has 0 saturated carbocycles. The number of nitrogens with zero attached hydrogens (tertiary/aromatic N) is 7. The van der Waals surface area contributed by atoms with Crippen molar-refractivity contribution in [1.29, 1.82) is 0 Å². The minimum atomic E-state index is 0.596. The molecule has 318 valence electrons. The third-order valence-corrected chi connectivity index (χ3v) is 12.6. The maximum atomic E-state index is 6.88. The van der Waals surface area contributed by atoms with Crippen LogP contribution in [-0.2, 0) is 0 Å². The summed E-state index contributed by atoms with van der Waals surface area (Å²) in [6, 6.07) is 68.8. The molecule has 8 heteroatoms. The highest BCUT2D eigenvalue weighted by atomic mass is 16.3. The van der Waals surface area contributed by atoms with Gasteiger partial charge in [-0.2, -0.15) is 0 Å². The average Bonchev–Trinajstić information content (AvgIpc) is 3.99. The van der Waals surface area contributed by atoms with Crippen LogP contribution in [0.15, 0.2) is 229 Å². The molecular weight excluding hydrogens is 835 g/mol. The third kappa shape index (κ3) is 6.70. The molecule has 0 radical (unpaired) electrons. The molecule has 13 aromatic rings. The highest BCUT2D eigenvalue weighted by molar-refractivity contribution is 6.18. The molecule has 6 heterocycles. The molecule has 8 nitrogen and oxygen atoms in total. The first-order valence-electron chi connectivity index (χ1n) is 22.5. The monoisotopic (exact) mass is 871 g/mol. The lowest BCUT2D eigenvalue weighted by atomic mass is 9.96. The fraction of sp³-hybridized carbons (Fsp3) is 0. The van der Waals surface area contributed by atoms with E-state index in [1.54, 1.807) is 12.4 Å². The van der Waals surface area contributed by atoms with E-state index in [2.05, 4.69) is 154 Å². The Morgan fingerprint density at radius 2 is 0.882 bits per heavy atom. The minimum Gasteiger partial charge on any atom is -0.453 e. The van der Waals surface area contributed by atoms with E-state index >= 15 is 0 Å². The van der Waals surface area contributed by atoms with Crippen molar-refractivity contribution >= 4 is 43.7 Å². The smallest absolute Gasteiger partial charge is 0.164 e. The SMILES string of the molecule is c1ccc(-c2nc(-c3ccc(-c4ccc(-c5nc6ccccc6c6c(-c7cccnc7)c(-c7cccnc7)oc56)cc4)cc3)nc(-c3cccc(-n4c5ccccc5c5ccccc54)c3)n2)cc1. The molecule has 0 atom stereocenters. The van der Waals surface area contributed by atoms with E-state index in [0.29, 0.717) is 23.1 Å². The number of pyridine rings is 3. The van der Waals surface area contributed by atoms with Crippen LogP contribution >= 0.6 is 0 Å². The molecule has 0 spiro atoms. The summed E-state index contributed by atoms with van der Waals surface area (Å²) in [5.74, 6) is 2.54. The summed E-state index contributed by atoms with van der Waals surface area (Å²) in [5.41, 5.74) is 14.3. The van der Waals surface area contributed by atoms with Crippen LogP contribution < -0.4 is 0 Å². The Bertz CT molecular complexity index is 3950. The zero-order valence-corrected chi connectivity index (χ0v) is 36.4. The van der Waals surface area contributed by atoms with Crippen LogP contribution in [0.25, 0.3) is 128 Å². The number of aromatic nitrogens is 7. The molecule has 6 aromatic heterocycles. The number of para-hydroxylation sites is 3. The Balaban J connectivity index is 0.872. The van der Waals surface area contributed by atoms with Crippen LogP contribution in [0, 0.1) is 0 Å². The van der Waals surface area contributed by atoms with Crippen molar-refractivity contribution in [2.24, 2.45) is 0 Å². The van der Waals surface area contributed by atoms with Gasteiger partial charge in [0, 0.05) is 91.0 Å². The van der Waals surface area contributed by atoms with Gasteiger partial charge in [0.1, 0.15) is 11.5 Å². The van der Waals surface area contributed by atoms with Crippen molar-refractivity contribution in [3.63, 3.8) is 0 Å². The van der Waals surface area contributed by atoms with Gasteiger partial charge in [-0.1, -0.05) is 152 Å². The van der Waals surface area contributed by atoms with Gasteiger partial charge in [0.15, 0.2) is 23.1 Å². The summed E-state index contributed by atoms with van der Waals surface area (Å²) < 4.78 is 9.20. The summed E-state index contributed by atoms with van der Waals surface area (Å²) in [7, 11) is 0. The highest BCUT2D eigenvalue weighted by Gasteiger charge is 2.24. The molecule has 7 aromatic carbocycles. The summed E-state index contributed by atoms with van der Waals surface area (Å²) in [6.07, 6.45) is 7.28. The Kier molecular flexibility index (Phi) is 9.31. The van der Waals surface area contributed by atoms with Crippen molar-refractivity contribution < 1.29 is 4.42 Å². The molecule has 0 aliphatic rings. The fourth-order valence-corrected chi connectivity index (χ4v) is 9.46. The standard InChI is InChI=1S/C60H37N7O/c1-2-13-41(14-3-1)58-64-59(66-60(65-58)43-15-10-18-46(35-43)67-51-23-8-5-19-47(51)48-20-6-9-24-52(48)67)42-31-27-39(28-32-42)38-25-29-40(30-26-38)55-57-54(49-21-4-7-22-50(49)63-55)53(44-16-11-33-61-36-44)56(68-57)45-17-12-34-62-37-45/h1-37H.